The molecule has 0 spiro atoms. The molecule has 2 aromatic carbocycles. The summed E-state index contributed by atoms with van der Waals surface area (Å²) < 4.78 is 0. The fourth-order valence-corrected chi connectivity index (χ4v) is 2.52. The number of benzene rings is 2. The number of nitrogens with zero attached hydrogens (tertiary/aromatic N) is 2. The number of H-pyrrole nitrogens is 1. The maximum atomic E-state index is 5.90. The van der Waals surface area contributed by atoms with E-state index < -0.39 is 0 Å². The standard InChI is InChI=1S/C16H10ClN3/c17-15-8-10-5-6-11(7-12(10)9-18-15)16-19-13-3-1-2-4-14(13)20-16/h1-9H,(H,19,20). The van der Waals surface area contributed by atoms with Gasteiger partial charge in [0.25, 0.3) is 0 Å². The molecule has 2 heterocycles. The molecule has 3 nitrogen and oxygen atoms in total. The van der Waals surface area contributed by atoms with Gasteiger partial charge in [0, 0.05) is 17.1 Å². The van der Waals surface area contributed by atoms with Crippen molar-refractivity contribution in [3.05, 3.63) is 59.9 Å². The first-order valence-electron chi connectivity index (χ1n) is 6.30. The van der Waals surface area contributed by atoms with Gasteiger partial charge in [0.2, 0.25) is 0 Å². The second-order valence-corrected chi connectivity index (χ2v) is 5.06. The first kappa shape index (κ1) is 11.4. The van der Waals surface area contributed by atoms with Gasteiger partial charge in [-0.05, 0) is 29.7 Å². The van der Waals surface area contributed by atoms with E-state index in [1.54, 1.807) is 6.20 Å². The van der Waals surface area contributed by atoms with Crippen molar-refractivity contribution in [1.29, 1.82) is 0 Å². The molecule has 1 N–H and O–H groups in total. The molecule has 0 aliphatic rings. The van der Waals surface area contributed by atoms with Crippen LogP contribution in [0.4, 0.5) is 0 Å². The first-order chi connectivity index (χ1) is 9.79. The van der Waals surface area contributed by atoms with Crippen molar-refractivity contribution in [2.24, 2.45) is 0 Å². The molecule has 0 radical (unpaired) electrons. The SMILES string of the molecule is Clc1cc2ccc(-c3nc4ccccc4[nH]3)cc2cn1. The number of nitrogens with one attached hydrogen (secondary N) is 1. The molecule has 0 aliphatic heterocycles. The number of para-hydroxylation sites is 2. The zero-order chi connectivity index (χ0) is 13.5. The summed E-state index contributed by atoms with van der Waals surface area (Å²) >= 11 is 5.90. The number of hydrogen-bond donors (Lipinski definition) is 1. The number of imidazole rings is 1. The smallest absolute Gasteiger partial charge is 0.138 e. The van der Waals surface area contributed by atoms with Crippen molar-refractivity contribution >= 4 is 33.4 Å². The molecule has 96 valence electrons. The van der Waals surface area contributed by atoms with Crippen LogP contribution in [0.1, 0.15) is 0 Å². The monoisotopic (exact) mass is 279 g/mol. The second kappa shape index (κ2) is 4.32. The van der Waals surface area contributed by atoms with Gasteiger partial charge >= 0.3 is 0 Å². The average Bonchev–Trinajstić information content (AvgIpc) is 2.90. The summed E-state index contributed by atoms with van der Waals surface area (Å²) in [4.78, 5) is 12.1. The van der Waals surface area contributed by atoms with E-state index in [1.165, 1.54) is 0 Å². The quantitative estimate of drug-likeness (QED) is 0.524. The van der Waals surface area contributed by atoms with Crippen molar-refractivity contribution in [1.82, 2.24) is 15.0 Å². The summed E-state index contributed by atoms with van der Waals surface area (Å²) in [6, 6.07) is 16.0. The van der Waals surface area contributed by atoms with Crippen LogP contribution >= 0.6 is 11.6 Å². The van der Waals surface area contributed by atoms with Gasteiger partial charge < -0.3 is 4.98 Å². The van der Waals surface area contributed by atoms with E-state index >= 15 is 0 Å². The number of rotatable bonds is 1. The number of aromatic amines is 1. The minimum atomic E-state index is 0.508. The van der Waals surface area contributed by atoms with Gasteiger partial charge in [-0.2, -0.15) is 0 Å². The van der Waals surface area contributed by atoms with Crippen molar-refractivity contribution in [3.8, 4) is 11.4 Å². The van der Waals surface area contributed by atoms with Gasteiger partial charge in [-0.15, -0.1) is 0 Å². The predicted molar refractivity (Wildman–Crippen MR) is 81.8 cm³/mol. The van der Waals surface area contributed by atoms with Crippen LogP contribution in [0.15, 0.2) is 54.7 Å². The summed E-state index contributed by atoms with van der Waals surface area (Å²) in [5, 5.41) is 2.63. The Morgan fingerprint density at radius 1 is 0.950 bits per heavy atom. The van der Waals surface area contributed by atoms with E-state index in [-0.39, 0.29) is 0 Å². The molecule has 2 aromatic heterocycles. The summed E-state index contributed by atoms with van der Waals surface area (Å²) in [6.45, 7) is 0. The fraction of sp³-hybridized carbons (Fsp3) is 0. The third kappa shape index (κ3) is 1.84. The van der Waals surface area contributed by atoms with Crippen LogP contribution in [0.5, 0.6) is 0 Å². The summed E-state index contributed by atoms with van der Waals surface area (Å²) in [5.41, 5.74) is 3.05. The maximum absolute atomic E-state index is 5.90. The highest BCUT2D eigenvalue weighted by Gasteiger charge is 2.06. The molecule has 0 unspecified atom stereocenters. The number of pyridine rings is 1. The Bertz CT molecular complexity index is 894. The molecule has 4 heteroatoms. The molecule has 4 rings (SSSR count). The Labute approximate surface area is 120 Å². The van der Waals surface area contributed by atoms with Crippen LogP contribution in [0.3, 0.4) is 0 Å². The lowest BCUT2D eigenvalue weighted by Gasteiger charge is -2.01. The molecule has 4 aromatic rings. The molecule has 0 saturated heterocycles. The lowest BCUT2D eigenvalue weighted by Crippen LogP contribution is -1.82. The molecular formula is C16H10ClN3. The zero-order valence-corrected chi connectivity index (χ0v) is 11.2. The van der Waals surface area contributed by atoms with Gasteiger partial charge in [-0.3, -0.25) is 0 Å². The van der Waals surface area contributed by atoms with Crippen molar-refractivity contribution in [2.75, 3.05) is 0 Å². The van der Waals surface area contributed by atoms with Crippen LogP contribution in [0.25, 0.3) is 33.2 Å². The van der Waals surface area contributed by atoms with Crippen LogP contribution in [-0.2, 0) is 0 Å². The lowest BCUT2D eigenvalue weighted by molar-refractivity contribution is 1.33. The minimum Gasteiger partial charge on any atom is -0.338 e. The predicted octanol–water partition coefficient (Wildman–Crippen LogP) is 4.43. The van der Waals surface area contributed by atoms with Gasteiger partial charge in [-0.1, -0.05) is 35.9 Å². The molecule has 0 fully saturated rings. The topological polar surface area (TPSA) is 41.6 Å². The highest BCUT2D eigenvalue weighted by molar-refractivity contribution is 6.30. The average molecular weight is 280 g/mol. The summed E-state index contributed by atoms with van der Waals surface area (Å²) in [6.07, 6.45) is 1.78. The number of halogens is 1. The van der Waals surface area contributed by atoms with Crippen LogP contribution in [0.2, 0.25) is 5.15 Å². The normalized spacial score (nSPS) is 11.2. The summed E-state index contributed by atoms with van der Waals surface area (Å²) in [7, 11) is 0. The third-order valence-corrected chi connectivity index (χ3v) is 3.56. The summed E-state index contributed by atoms with van der Waals surface area (Å²) in [5.74, 6) is 0.864. The number of hydrogen-bond acceptors (Lipinski definition) is 2. The second-order valence-electron chi connectivity index (χ2n) is 4.67. The first-order valence-corrected chi connectivity index (χ1v) is 6.68. The van der Waals surface area contributed by atoms with E-state index in [9.17, 15) is 0 Å². The van der Waals surface area contributed by atoms with E-state index in [4.69, 9.17) is 11.6 Å². The molecule has 0 bridgehead atoms. The molecule has 0 saturated carbocycles. The van der Waals surface area contributed by atoms with Crippen molar-refractivity contribution < 1.29 is 0 Å². The Balaban J connectivity index is 1.90. The Kier molecular flexibility index (Phi) is 2.47. The van der Waals surface area contributed by atoms with Gasteiger partial charge in [0.15, 0.2) is 0 Å². The Morgan fingerprint density at radius 2 is 1.85 bits per heavy atom. The van der Waals surface area contributed by atoms with Crippen LogP contribution in [0, 0.1) is 0 Å². The van der Waals surface area contributed by atoms with Crippen molar-refractivity contribution in [3.63, 3.8) is 0 Å². The highest BCUT2D eigenvalue weighted by Crippen LogP contribution is 2.25. The van der Waals surface area contributed by atoms with Gasteiger partial charge in [0.05, 0.1) is 11.0 Å². The van der Waals surface area contributed by atoms with E-state index in [1.807, 2.05) is 42.5 Å². The van der Waals surface area contributed by atoms with Gasteiger partial charge in [-0.25, -0.2) is 9.97 Å². The van der Waals surface area contributed by atoms with E-state index in [2.05, 4.69) is 21.0 Å². The maximum Gasteiger partial charge on any atom is 0.138 e. The Morgan fingerprint density at radius 3 is 2.75 bits per heavy atom. The molecule has 0 atom stereocenters. The fourth-order valence-electron chi connectivity index (χ4n) is 2.35. The number of fused-ring (bicyclic) bond motifs is 2. The Hall–Kier alpha value is -2.39. The minimum absolute atomic E-state index is 0.508. The lowest BCUT2D eigenvalue weighted by atomic mass is 10.1. The van der Waals surface area contributed by atoms with Crippen LogP contribution in [-0.4, -0.2) is 15.0 Å². The molecular weight excluding hydrogens is 270 g/mol. The van der Waals surface area contributed by atoms with E-state index in [0.29, 0.717) is 5.15 Å². The molecule has 0 amide bonds. The molecule has 20 heavy (non-hydrogen) atoms. The number of aromatic nitrogens is 3. The van der Waals surface area contributed by atoms with Gasteiger partial charge in [0.1, 0.15) is 11.0 Å². The van der Waals surface area contributed by atoms with Crippen molar-refractivity contribution in [2.45, 2.75) is 0 Å². The zero-order valence-electron chi connectivity index (χ0n) is 10.5. The highest BCUT2D eigenvalue weighted by atomic mass is 35.5. The molecule has 0 aliphatic carbocycles. The van der Waals surface area contributed by atoms with E-state index in [0.717, 1.165) is 33.2 Å². The largest absolute Gasteiger partial charge is 0.338 e. The third-order valence-electron chi connectivity index (χ3n) is 3.35. The van der Waals surface area contributed by atoms with Crippen LogP contribution < -0.4 is 0 Å².